The van der Waals surface area contributed by atoms with E-state index in [0.717, 1.165) is 30.6 Å². The molecule has 1 saturated heterocycles. The molecule has 1 amide bonds. The predicted octanol–water partition coefficient (Wildman–Crippen LogP) is 4.27. The van der Waals surface area contributed by atoms with Crippen molar-refractivity contribution in [2.24, 2.45) is 0 Å². The summed E-state index contributed by atoms with van der Waals surface area (Å²) in [6, 6.07) is 12.3. The molecule has 0 aliphatic carbocycles. The number of nitrogens with one attached hydrogen (secondary N) is 1. The first-order valence-corrected chi connectivity index (χ1v) is 10.1. The van der Waals surface area contributed by atoms with Gasteiger partial charge in [-0.05, 0) is 55.3 Å². The lowest BCUT2D eigenvalue weighted by Gasteiger charge is -2.33. The number of aromatic nitrogens is 1. The van der Waals surface area contributed by atoms with E-state index in [9.17, 15) is 9.59 Å². The summed E-state index contributed by atoms with van der Waals surface area (Å²) in [4.78, 5) is 31.0. The second-order valence-electron chi connectivity index (χ2n) is 7.27. The Morgan fingerprint density at radius 3 is 2.93 bits per heavy atom. The zero-order valence-electron chi connectivity index (χ0n) is 15.9. The van der Waals surface area contributed by atoms with Crippen LogP contribution in [-0.4, -0.2) is 29.4 Å². The van der Waals surface area contributed by atoms with Crippen LogP contribution in [-0.2, 0) is 16.1 Å². The minimum Gasteiger partial charge on any atom is -0.452 e. The van der Waals surface area contributed by atoms with Crippen molar-refractivity contribution >= 4 is 34.9 Å². The Bertz CT molecular complexity index is 1130. The first-order chi connectivity index (χ1) is 14.6. The molecule has 1 fully saturated rings. The zero-order chi connectivity index (χ0) is 20.7. The van der Waals surface area contributed by atoms with Crippen molar-refractivity contribution < 1.29 is 18.7 Å². The topological polar surface area (TPSA) is 84.7 Å². The Balaban J connectivity index is 1.27. The van der Waals surface area contributed by atoms with Crippen LogP contribution in [0.15, 0.2) is 53.1 Å². The van der Waals surface area contributed by atoms with Gasteiger partial charge >= 0.3 is 5.97 Å². The zero-order valence-corrected chi connectivity index (χ0v) is 16.7. The summed E-state index contributed by atoms with van der Waals surface area (Å²) < 4.78 is 11.0. The fraction of sp³-hybridized carbons (Fsp3) is 0.227. The molecule has 2 aromatic carbocycles. The van der Waals surface area contributed by atoms with E-state index in [1.165, 1.54) is 0 Å². The molecule has 5 rings (SSSR count). The lowest BCUT2D eigenvalue weighted by Crippen LogP contribution is -2.43. The number of ether oxygens (including phenoxy) is 1. The van der Waals surface area contributed by atoms with Crippen LogP contribution in [0.5, 0.6) is 0 Å². The van der Waals surface area contributed by atoms with Crippen LogP contribution in [0, 0.1) is 0 Å². The van der Waals surface area contributed by atoms with Gasteiger partial charge in [-0.3, -0.25) is 4.79 Å². The fourth-order valence-electron chi connectivity index (χ4n) is 3.89. The standard InChI is InChI=1S/C22H18ClN3O4/c23-15-6-3-13(4-7-15)19-11-24-20(30-19)12-29-22(28)14-5-8-17-16(10-14)25-21(27)18-2-1-9-26(17)18/h3-8,10-11,18H,1-2,9,12H2,(H,25,27). The van der Waals surface area contributed by atoms with Gasteiger partial charge in [0.15, 0.2) is 12.4 Å². The maximum Gasteiger partial charge on any atom is 0.338 e. The smallest absolute Gasteiger partial charge is 0.338 e. The molecule has 0 saturated carbocycles. The molecule has 30 heavy (non-hydrogen) atoms. The normalized spacial score (nSPS) is 17.3. The second-order valence-corrected chi connectivity index (χ2v) is 7.71. The van der Waals surface area contributed by atoms with Crippen LogP contribution in [0.3, 0.4) is 0 Å². The molecular formula is C22H18ClN3O4. The van der Waals surface area contributed by atoms with Gasteiger partial charge in [0.05, 0.1) is 23.1 Å². The number of anilines is 2. The highest BCUT2D eigenvalue weighted by Gasteiger charge is 2.36. The average molecular weight is 424 g/mol. The third-order valence-corrected chi connectivity index (χ3v) is 5.62. The molecule has 3 heterocycles. The van der Waals surface area contributed by atoms with Gasteiger partial charge in [0.2, 0.25) is 11.8 Å². The van der Waals surface area contributed by atoms with Crippen LogP contribution in [0.4, 0.5) is 11.4 Å². The van der Waals surface area contributed by atoms with Gasteiger partial charge in [-0.1, -0.05) is 11.6 Å². The average Bonchev–Trinajstić information content (AvgIpc) is 3.42. The molecule has 7 nitrogen and oxygen atoms in total. The van der Waals surface area contributed by atoms with Crippen molar-refractivity contribution in [3.8, 4) is 11.3 Å². The Kier molecular flexibility index (Phi) is 4.67. The van der Waals surface area contributed by atoms with Gasteiger partial charge < -0.3 is 19.4 Å². The van der Waals surface area contributed by atoms with Crippen molar-refractivity contribution in [2.45, 2.75) is 25.5 Å². The van der Waals surface area contributed by atoms with Crippen molar-refractivity contribution in [1.82, 2.24) is 4.98 Å². The molecule has 1 unspecified atom stereocenters. The minimum atomic E-state index is -0.512. The molecule has 8 heteroatoms. The number of oxazole rings is 1. The number of rotatable bonds is 4. The molecule has 0 bridgehead atoms. The van der Waals surface area contributed by atoms with Crippen LogP contribution < -0.4 is 10.2 Å². The molecular weight excluding hydrogens is 406 g/mol. The highest BCUT2D eigenvalue weighted by atomic mass is 35.5. The number of hydrogen-bond acceptors (Lipinski definition) is 6. The Morgan fingerprint density at radius 2 is 2.10 bits per heavy atom. The first-order valence-electron chi connectivity index (χ1n) is 9.68. The third kappa shape index (κ3) is 3.41. The summed E-state index contributed by atoms with van der Waals surface area (Å²) in [5.74, 6) is 0.315. The monoisotopic (exact) mass is 423 g/mol. The van der Waals surface area contributed by atoms with Gasteiger partial charge in [-0.25, -0.2) is 9.78 Å². The van der Waals surface area contributed by atoms with E-state index in [-0.39, 0.29) is 18.6 Å². The molecule has 1 aromatic heterocycles. The fourth-order valence-corrected chi connectivity index (χ4v) is 4.02. The lowest BCUT2D eigenvalue weighted by molar-refractivity contribution is -0.117. The second kappa shape index (κ2) is 7.50. The minimum absolute atomic E-state index is 0.0277. The van der Waals surface area contributed by atoms with E-state index < -0.39 is 5.97 Å². The number of halogens is 1. The SMILES string of the molecule is O=C(OCc1ncc(-c2ccc(Cl)cc2)o1)c1ccc2c(c1)NC(=O)C1CCCN21. The molecule has 2 aliphatic heterocycles. The van der Waals surface area contributed by atoms with Crippen LogP contribution >= 0.6 is 11.6 Å². The summed E-state index contributed by atoms with van der Waals surface area (Å²) in [7, 11) is 0. The summed E-state index contributed by atoms with van der Waals surface area (Å²) in [5, 5.41) is 3.53. The largest absolute Gasteiger partial charge is 0.452 e. The molecule has 1 atom stereocenters. The first kappa shape index (κ1) is 18.7. The Labute approximate surface area is 177 Å². The molecule has 0 spiro atoms. The maximum atomic E-state index is 12.5. The number of esters is 1. The number of benzene rings is 2. The quantitative estimate of drug-likeness (QED) is 0.631. The number of carbonyl (C=O) groups is 2. The molecule has 152 valence electrons. The number of nitrogens with zero attached hydrogens (tertiary/aromatic N) is 2. The van der Waals surface area contributed by atoms with E-state index >= 15 is 0 Å². The van der Waals surface area contributed by atoms with E-state index in [4.69, 9.17) is 20.8 Å². The number of amides is 1. The predicted molar refractivity (Wildman–Crippen MR) is 112 cm³/mol. The van der Waals surface area contributed by atoms with Gasteiger partial charge in [0, 0.05) is 17.1 Å². The van der Waals surface area contributed by atoms with Gasteiger partial charge in [-0.15, -0.1) is 0 Å². The highest BCUT2D eigenvalue weighted by Crippen LogP contribution is 2.37. The number of carbonyl (C=O) groups excluding carboxylic acids is 2. The molecule has 0 radical (unpaired) electrons. The molecule has 1 N–H and O–H groups in total. The van der Waals surface area contributed by atoms with Crippen LogP contribution in [0.25, 0.3) is 11.3 Å². The van der Waals surface area contributed by atoms with E-state index in [2.05, 4.69) is 15.2 Å². The van der Waals surface area contributed by atoms with Gasteiger partial charge in [0.25, 0.3) is 0 Å². The summed E-state index contributed by atoms with van der Waals surface area (Å²) in [6.45, 7) is 0.749. The van der Waals surface area contributed by atoms with Crippen LogP contribution in [0.2, 0.25) is 5.02 Å². The third-order valence-electron chi connectivity index (χ3n) is 5.36. The summed E-state index contributed by atoms with van der Waals surface area (Å²) in [5.41, 5.74) is 2.76. The van der Waals surface area contributed by atoms with E-state index in [0.29, 0.717) is 27.9 Å². The van der Waals surface area contributed by atoms with Crippen molar-refractivity contribution in [1.29, 1.82) is 0 Å². The number of fused-ring (bicyclic) bond motifs is 3. The summed E-state index contributed by atoms with van der Waals surface area (Å²) in [6.07, 6.45) is 3.41. The van der Waals surface area contributed by atoms with E-state index in [1.807, 2.05) is 18.2 Å². The molecule has 2 aliphatic rings. The van der Waals surface area contributed by atoms with Crippen molar-refractivity contribution in [3.63, 3.8) is 0 Å². The van der Waals surface area contributed by atoms with Crippen LogP contribution in [0.1, 0.15) is 29.1 Å². The Hall–Kier alpha value is -3.32. The maximum absolute atomic E-state index is 12.5. The summed E-state index contributed by atoms with van der Waals surface area (Å²) >= 11 is 5.90. The number of hydrogen-bond donors (Lipinski definition) is 1. The van der Waals surface area contributed by atoms with Gasteiger partial charge in [0.1, 0.15) is 6.04 Å². The Morgan fingerprint density at radius 1 is 1.27 bits per heavy atom. The highest BCUT2D eigenvalue weighted by molar-refractivity contribution is 6.30. The van der Waals surface area contributed by atoms with Crippen molar-refractivity contribution in [3.05, 3.63) is 65.1 Å². The van der Waals surface area contributed by atoms with E-state index in [1.54, 1.807) is 30.5 Å². The van der Waals surface area contributed by atoms with Crippen molar-refractivity contribution in [2.75, 3.05) is 16.8 Å². The lowest BCUT2D eigenvalue weighted by atomic mass is 10.1. The van der Waals surface area contributed by atoms with Gasteiger partial charge in [-0.2, -0.15) is 0 Å². The molecule has 3 aromatic rings.